The normalized spacial score (nSPS) is 19.8. The van der Waals surface area contributed by atoms with E-state index in [1.54, 1.807) is 7.05 Å². The second-order valence-electron chi connectivity index (χ2n) is 3.93. The molecular weight excluding hydrogens is 230 g/mol. The predicted octanol–water partition coefficient (Wildman–Crippen LogP) is 0.585. The molecule has 1 aliphatic heterocycles. The van der Waals surface area contributed by atoms with Crippen molar-refractivity contribution in [3.05, 3.63) is 17.7 Å². The van der Waals surface area contributed by atoms with Gasteiger partial charge in [-0.15, -0.1) is 0 Å². The van der Waals surface area contributed by atoms with Crippen LogP contribution in [0, 0.1) is 11.6 Å². The highest BCUT2D eigenvalue weighted by molar-refractivity contribution is 5.86. The zero-order valence-electron chi connectivity index (χ0n) is 9.20. The molecule has 5 nitrogen and oxygen atoms in total. The van der Waals surface area contributed by atoms with Gasteiger partial charge in [-0.05, 0) is 6.42 Å². The molecule has 2 heterocycles. The quantitative estimate of drug-likeness (QED) is 0.796. The molecule has 1 aromatic rings. The summed E-state index contributed by atoms with van der Waals surface area (Å²) < 4.78 is 26.2. The van der Waals surface area contributed by atoms with Crippen LogP contribution in [0.2, 0.25) is 0 Å². The second kappa shape index (κ2) is 4.15. The summed E-state index contributed by atoms with van der Waals surface area (Å²) in [5.41, 5.74) is 5.24. The number of carbonyl (C=O) groups is 1. The minimum Gasteiger partial charge on any atom is -0.381 e. The highest BCUT2D eigenvalue weighted by Crippen LogP contribution is 2.20. The maximum atomic E-state index is 13.4. The van der Waals surface area contributed by atoms with E-state index < -0.39 is 23.5 Å². The molecule has 92 valence electrons. The van der Waals surface area contributed by atoms with Crippen LogP contribution in [0.25, 0.3) is 0 Å². The largest absolute Gasteiger partial charge is 0.381 e. The monoisotopic (exact) mass is 242 g/mol. The SMILES string of the molecule is CN1CCC(Nc2nc(N)c(F)cc2F)C1=O. The standard InChI is InChI=1S/C10H12F2N4O/c1-16-3-2-7(10(16)17)14-9-6(12)4-5(11)8(13)15-9/h4,7H,2-3H2,1H3,(H3,13,14,15). The van der Waals surface area contributed by atoms with Crippen LogP contribution in [0.5, 0.6) is 0 Å². The van der Waals surface area contributed by atoms with Crippen LogP contribution in [-0.2, 0) is 4.79 Å². The van der Waals surface area contributed by atoms with Gasteiger partial charge >= 0.3 is 0 Å². The van der Waals surface area contributed by atoms with Crippen LogP contribution in [0.15, 0.2) is 6.07 Å². The Morgan fingerprint density at radius 1 is 1.53 bits per heavy atom. The summed E-state index contributed by atoms with van der Waals surface area (Å²) in [5, 5.41) is 2.63. The molecule has 17 heavy (non-hydrogen) atoms. The molecule has 0 bridgehead atoms. The van der Waals surface area contributed by atoms with Crippen LogP contribution in [0.4, 0.5) is 20.4 Å². The second-order valence-corrected chi connectivity index (χ2v) is 3.93. The van der Waals surface area contributed by atoms with E-state index in [4.69, 9.17) is 5.73 Å². The number of nitrogens with zero attached hydrogens (tertiary/aromatic N) is 2. The first-order valence-electron chi connectivity index (χ1n) is 5.12. The molecule has 2 rings (SSSR count). The number of rotatable bonds is 2. The predicted molar refractivity (Wildman–Crippen MR) is 58.2 cm³/mol. The van der Waals surface area contributed by atoms with Crippen molar-refractivity contribution in [2.75, 3.05) is 24.6 Å². The lowest BCUT2D eigenvalue weighted by atomic mass is 10.2. The molecule has 1 unspecified atom stereocenters. The number of likely N-dealkylation sites (tertiary alicyclic amines) is 1. The summed E-state index contributed by atoms with van der Waals surface area (Å²) in [7, 11) is 1.66. The Balaban J connectivity index is 2.19. The number of aromatic nitrogens is 1. The Morgan fingerprint density at radius 3 is 2.82 bits per heavy atom. The van der Waals surface area contributed by atoms with Crippen LogP contribution in [0.3, 0.4) is 0 Å². The summed E-state index contributed by atoms with van der Waals surface area (Å²) in [6, 6.07) is 0.111. The van der Waals surface area contributed by atoms with Gasteiger partial charge < -0.3 is 16.0 Å². The lowest BCUT2D eigenvalue weighted by molar-refractivity contribution is -0.127. The van der Waals surface area contributed by atoms with E-state index in [0.29, 0.717) is 19.0 Å². The van der Waals surface area contributed by atoms with E-state index in [1.165, 1.54) is 4.90 Å². The highest BCUT2D eigenvalue weighted by Gasteiger charge is 2.29. The van der Waals surface area contributed by atoms with Crippen molar-refractivity contribution < 1.29 is 13.6 Å². The molecule has 0 spiro atoms. The molecule has 1 aromatic heterocycles. The minimum absolute atomic E-state index is 0.144. The third-order valence-electron chi connectivity index (χ3n) is 2.70. The number of nitrogens with two attached hydrogens (primary N) is 1. The van der Waals surface area contributed by atoms with Gasteiger partial charge in [-0.25, -0.2) is 13.8 Å². The molecule has 0 radical (unpaired) electrons. The number of nitrogen functional groups attached to an aromatic ring is 1. The number of anilines is 2. The first-order chi connectivity index (χ1) is 7.99. The third-order valence-corrected chi connectivity index (χ3v) is 2.70. The van der Waals surface area contributed by atoms with Crippen LogP contribution in [0.1, 0.15) is 6.42 Å². The van der Waals surface area contributed by atoms with Crippen molar-refractivity contribution in [3.8, 4) is 0 Å². The van der Waals surface area contributed by atoms with Crippen LogP contribution in [-0.4, -0.2) is 35.4 Å². The molecule has 1 fully saturated rings. The molecule has 0 saturated carbocycles. The van der Waals surface area contributed by atoms with Crippen molar-refractivity contribution in [2.45, 2.75) is 12.5 Å². The van der Waals surface area contributed by atoms with Gasteiger partial charge in [-0.2, -0.15) is 0 Å². The van der Waals surface area contributed by atoms with E-state index in [-0.39, 0.29) is 11.7 Å². The molecule has 1 saturated heterocycles. The molecule has 0 aliphatic carbocycles. The molecule has 0 aromatic carbocycles. The maximum absolute atomic E-state index is 13.4. The lowest BCUT2D eigenvalue weighted by Crippen LogP contribution is -2.31. The van der Waals surface area contributed by atoms with E-state index in [2.05, 4.69) is 10.3 Å². The summed E-state index contributed by atoms with van der Waals surface area (Å²) in [5.74, 6) is -2.51. The van der Waals surface area contributed by atoms with E-state index >= 15 is 0 Å². The third kappa shape index (κ3) is 2.13. The number of hydrogen-bond donors (Lipinski definition) is 2. The lowest BCUT2D eigenvalue weighted by Gasteiger charge is -2.13. The fraction of sp³-hybridized carbons (Fsp3) is 0.400. The van der Waals surface area contributed by atoms with E-state index in [9.17, 15) is 13.6 Å². The highest BCUT2D eigenvalue weighted by atomic mass is 19.1. The number of likely N-dealkylation sites (N-methyl/N-ethyl adjacent to an activating group) is 1. The Morgan fingerprint density at radius 2 is 2.24 bits per heavy atom. The average Bonchev–Trinajstić information content (AvgIpc) is 2.58. The Kier molecular flexibility index (Phi) is 2.83. The Hall–Kier alpha value is -1.92. The maximum Gasteiger partial charge on any atom is 0.244 e. The van der Waals surface area contributed by atoms with E-state index in [1.807, 2.05) is 0 Å². The zero-order valence-corrected chi connectivity index (χ0v) is 9.20. The molecule has 1 aliphatic rings. The molecule has 7 heteroatoms. The van der Waals surface area contributed by atoms with E-state index in [0.717, 1.165) is 0 Å². The zero-order chi connectivity index (χ0) is 12.6. The summed E-state index contributed by atoms with van der Waals surface area (Å²) >= 11 is 0. The van der Waals surface area contributed by atoms with Crippen LogP contribution < -0.4 is 11.1 Å². The smallest absolute Gasteiger partial charge is 0.244 e. The number of hydrogen-bond acceptors (Lipinski definition) is 4. The summed E-state index contributed by atoms with van der Waals surface area (Å²) in [4.78, 5) is 16.7. The van der Waals surface area contributed by atoms with Crippen molar-refractivity contribution in [2.24, 2.45) is 0 Å². The van der Waals surface area contributed by atoms with Gasteiger partial charge in [0, 0.05) is 19.7 Å². The molecular formula is C10H12F2N4O. The van der Waals surface area contributed by atoms with Gasteiger partial charge in [-0.1, -0.05) is 0 Å². The van der Waals surface area contributed by atoms with Crippen molar-refractivity contribution in [3.63, 3.8) is 0 Å². The Labute approximate surface area is 96.6 Å². The van der Waals surface area contributed by atoms with Crippen molar-refractivity contribution in [1.82, 2.24) is 9.88 Å². The molecule has 1 atom stereocenters. The van der Waals surface area contributed by atoms with Gasteiger partial charge in [0.25, 0.3) is 0 Å². The average molecular weight is 242 g/mol. The fourth-order valence-electron chi connectivity index (χ4n) is 1.70. The van der Waals surface area contributed by atoms with Crippen LogP contribution >= 0.6 is 0 Å². The number of carbonyl (C=O) groups excluding carboxylic acids is 1. The van der Waals surface area contributed by atoms with Crippen molar-refractivity contribution >= 4 is 17.5 Å². The van der Waals surface area contributed by atoms with Gasteiger partial charge in [0.2, 0.25) is 5.91 Å². The number of nitrogens with one attached hydrogen (secondary N) is 1. The molecule has 1 amide bonds. The molecule has 3 N–H and O–H groups in total. The minimum atomic E-state index is -0.914. The van der Waals surface area contributed by atoms with Gasteiger partial charge in [0.15, 0.2) is 23.3 Å². The van der Waals surface area contributed by atoms with Gasteiger partial charge in [-0.3, -0.25) is 4.79 Å². The van der Waals surface area contributed by atoms with Gasteiger partial charge in [0.1, 0.15) is 6.04 Å². The first kappa shape index (κ1) is 11.6. The Bertz CT molecular complexity index is 466. The number of amides is 1. The summed E-state index contributed by atoms with van der Waals surface area (Å²) in [6.45, 7) is 0.592. The van der Waals surface area contributed by atoms with Crippen molar-refractivity contribution in [1.29, 1.82) is 0 Å². The first-order valence-corrected chi connectivity index (χ1v) is 5.12. The van der Waals surface area contributed by atoms with Gasteiger partial charge in [0.05, 0.1) is 0 Å². The number of pyridine rings is 1. The topological polar surface area (TPSA) is 71.2 Å². The summed E-state index contributed by atoms with van der Waals surface area (Å²) in [6.07, 6.45) is 0.549. The number of halogens is 2. The fourth-order valence-corrected chi connectivity index (χ4v) is 1.70.